The Balaban J connectivity index is 1.83. The molecular weight excluding hydrogens is 452 g/mol. The van der Waals surface area contributed by atoms with Crippen LogP contribution in [0.2, 0.25) is 0 Å². The van der Waals surface area contributed by atoms with Crippen LogP contribution in [-0.4, -0.2) is 45.2 Å². The van der Waals surface area contributed by atoms with E-state index >= 15 is 0 Å². The lowest BCUT2D eigenvalue weighted by Crippen LogP contribution is -2.50. The fourth-order valence-electron chi connectivity index (χ4n) is 6.51. The molecule has 6 nitrogen and oxygen atoms in total. The van der Waals surface area contributed by atoms with Gasteiger partial charge in [0.2, 0.25) is 11.6 Å². The zero-order valence-corrected chi connectivity index (χ0v) is 22.2. The van der Waals surface area contributed by atoms with E-state index in [1.54, 1.807) is 13.0 Å². The second kappa shape index (κ2) is 9.53. The van der Waals surface area contributed by atoms with Crippen LogP contribution in [0.3, 0.4) is 0 Å². The number of allylic oxidation sites excluding steroid dienone is 4. The summed E-state index contributed by atoms with van der Waals surface area (Å²) in [7, 11) is 0. The number of aliphatic hydroxyl groups is 3. The van der Waals surface area contributed by atoms with Gasteiger partial charge >= 0.3 is 0 Å². The molecule has 0 spiro atoms. The van der Waals surface area contributed by atoms with E-state index in [2.05, 4.69) is 26.8 Å². The van der Waals surface area contributed by atoms with Gasteiger partial charge in [0.25, 0.3) is 0 Å². The van der Waals surface area contributed by atoms with E-state index < -0.39 is 23.8 Å². The smallest absolute Gasteiger partial charge is 0.231 e. The van der Waals surface area contributed by atoms with E-state index in [4.69, 9.17) is 9.47 Å². The van der Waals surface area contributed by atoms with Crippen molar-refractivity contribution in [3.8, 4) is 0 Å². The van der Waals surface area contributed by atoms with Crippen molar-refractivity contribution in [1.82, 2.24) is 0 Å². The van der Waals surface area contributed by atoms with Crippen molar-refractivity contribution in [3.63, 3.8) is 0 Å². The van der Waals surface area contributed by atoms with E-state index in [-0.39, 0.29) is 35.2 Å². The summed E-state index contributed by atoms with van der Waals surface area (Å²) in [5.41, 5.74) is 2.44. The van der Waals surface area contributed by atoms with E-state index in [0.29, 0.717) is 28.7 Å². The quantitative estimate of drug-likeness (QED) is 0.319. The first-order valence-electron chi connectivity index (χ1n) is 13.2. The molecule has 35 heavy (non-hydrogen) atoms. The summed E-state index contributed by atoms with van der Waals surface area (Å²) in [6.07, 6.45) is 5.76. The SMILES string of the molecule is CC1=C[C@@H](C)[13CH2][13CH2][C@H]2O[C@H]([C@H](C)[C@@H](O)[C@H]2C)[13C]2=[13C](O)[13C](=O)[13C](C)=[13C]3O[C@](O)(C=[13C]32)[C@@H](C)C[C@H](C)C1. The Hall–Kier alpha value is -1.89. The third kappa shape index (κ3) is 4.65. The van der Waals surface area contributed by atoms with Gasteiger partial charge in [-0.05, 0) is 57.4 Å². The summed E-state index contributed by atoms with van der Waals surface area (Å²) in [5, 5.41) is 33.8. The average molecular weight is 495 g/mol. The van der Waals surface area contributed by atoms with Crippen LogP contribution in [0.1, 0.15) is 74.1 Å². The maximum Gasteiger partial charge on any atom is 0.231 e. The second-order valence-electron chi connectivity index (χ2n) is 11.8. The van der Waals surface area contributed by atoms with Crippen molar-refractivity contribution >= 4 is 5.78 Å². The van der Waals surface area contributed by atoms with Crippen LogP contribution in [0, 0.1) is 29.6 Å². The number of ether oxygens (including phenoxy) is 2. The summed E-state index contributed by atoms with van der Waals surface area (Å²) in [6.45, 7) is 14.0. The number of aliphatic hydroxyl groups excluding tert-OH is 2. The van der Waals surface area contributed by atoms with Crippen LogP contribution in [0.4, 0.5) is 0 Å². The highest BCUT2D eigenvalue weighted by Crippen LogP contribution is 2.49. The van der Waals surface area contributed by atoms with E-state index in [1.807, 2.05) is 20.8 Å². The third-order valence-corrected chi connectivity index (χ3v) is 8.66. The summed E-state index contributed by atoms with van der Waals surface area (Å²) >= 11 is 0. The molecule has 1 saturated heterocycles. The molecule has 1 aliphatic carbocycles. The van der Waals surface area contributed by atoms with Crippen LogP contribution in [0.15, 0.2) is 46.0 Å². The van der Waals surface area contributed by atoms with Gasteiger partial charge in [-0.3, -0.25) is 4.79 Å². The lowest BCUT2D eigenvalue weighted by Gasteiger charge is -2.44. The Morgan fingerprint density at radius 2 is 1.74 bits per heavy atom. The minimum atomic E-state index is -1.60. The second-order valence-corrected chi connectivity index (χ2v) is 11.8. The Labute approximate surface area is 209 Å². The molecule has 194 valence electrons. The first kappa shape index (κ1) is 26.2. The van der Waals surface area contributed by atoms with Gasteiger partial charge in [0.1, 0.15) is 5.76 Å². The topological polar surface area (TPSA) is 96.2 Å². The van der Waals surface area contributed by atoms with E-state index in [9.17, 15) is 20.1 Å². The van der Waals surface area contributed by atoms with Gasteiger partial charge in [-0.2, -0.15) is 0 Å². The number of Topliss-reactive ketones (excluding diaryl/α,β-unsaturated/α-hetero) is 1. The minimum absolute atomic E-state index is 0.0815. The molecule has 3 heterocycles. The van der Waals surface area contributed by atoms with Crippen molar-refractivity contribution in [2.24, 2.45) is 29.6 Å². The molecular formula is C29H42O6. The van der Waals surface area contributed by atoms with Crippen LogP contribution in [0.25, 0.3) is 0 Å². The molecule has 4 aliphatic rings. The van der Waals surface area contributed by atoms with Gasteiger partial charge < -0.3 is 24.8 Å². The van der Waals surface area contributed by atoms with E-state index in [1.165, 1.54) is 5.57 Å². The summed E-state index contributed by atoms with van der Waals surface area (Å²) in [5.74, 6) is -2.16. The van der Waals surface area contributed by atoms with Gasteiger partial charge in [0.15, 0.2) is 5.76 Å². The van der Waals surface area contributed by atoms with Crippen molar-refractivity contribution in [2.75, 3.05) is 0 Å². The molecule has 0 aromatic carbocycles. The Morgan fingerprint density at radius 1 is 1.06 bits per heavy atom. The molecule has 0 amide bonds. The molecule has 0 saturated carbocycles. The molecule has 1 fully saturated rings. The monoisotopic (exact) mass is 494 g/mol. The molecule has 3 aliphatic heterocycles. The normalized spacial score (nSPS) is 43.1. The van der Waals surface area contributed by atoms with Gasteiger partial charge in [-0.25, -0.2) is 0 Å². The fourth-order valence-corrected chi connectivity index (χ4v) is 6.51. The van der Waals surface area contributed by atoms with Gasteiger partial charge in [0.05, 0.1) is 18.3 Å². The van der Waals surface area contributed by atoms with Crippen LogP contribution >= 0.6 is 0 Å². The zero-order valence-electron chi connectivity index (χ0n) is 22.2. The zero-order chi connectivity index (χ0) is 25.8. The summed E-state index contributed by atoms with van der Waals surface area (Å²) in [4.78, 5) is 13.0. The maximum atomic E-state index is 13.0. The number of hydrogen-bond donors (Lipinski definition) is 3. The minimum Gasteiger partial charge on any atom is -0.504 e. The van der Waals surface area contributed by atoms with Crippen molar-refractivity contribution < 1.29 is 29.6 Å². The largest absolute Gasteiger partial charge is 0.504 e. The first-order valence-corrected chi connectivity index (χ1v) is 13.2. The maximum absolute atomic E-state index is 13.0. The lowest BCUT2D eigenvalue weighted by atomic mass is 9.85. The number of hydrogen-bond acceptors (Lipinski definition) is 6. The summed E-state index contributed by atoms with van der Waals surface area (Å²) < 4.78 is 12.7. The molecule has 4 rings (SSSR count). The molecule has 6 heteroatoms. The number of carbonyl (C=O) groups is 1. The molecule has 0 radical (unpaired) electrons. The highest BCUT2D eigenvalue weighted by molar-refractivity contribution is 6.10. The van der Waals surface area contributed by atoms with Crippen LogP contribution in [-0.2, 0) is 14.3 Å². The van der Waals surface area contributed by atoms with Crippen molar-refractivity contribution in [2.45, 2.75) is 98.2 Å². The van der Waals surface area contributed by atoms with Gasteiger partial charge in [-0.1, -0.05) is 46.3 Å². The first-order chi connectivity index (χ1) is 16.3. The number of fused-ring (bicyclic) bond motifs is 4. The standard InChI is InChI=1S/C29H42O6/c1-14-8-9-22-18(5)24(30)19(6)28(34-22)23-21-13-29(33,17(4)12-16(3)11-15(2)10-14)35-27(21)20(7)25(31)26(23)32/h10,13-14,16-19,22,24,28,30,32-33H,8-9,11-12H2,1-7H3/t14-,16+,17-,18-,19+,22+,24-,28+,29+/m0/s1/i8+1,9+1,20+1,21+1,23+1,25+1,26+1,27+1. The van der Waals surface area contributed by atoms with Crippen molar-refractivity contribution in [3.05, 3.63) is 46.0 Å². The number of carbonyl (C=O) groups excluding carboxylic acids is 1. The van der Waals surface area contributed by atoms with Crippen molar-refractivity contribution in [1.29, 1.82) is 0 Å². The highest BCUT2D eigenvalue weighted by Gasteiger charge is 2.51. The van der Waals surface area contributed by atoms with Crippen LogP contribution in [0.5, 0.6) is 0 Å². The predicted octanol–water partition coefficient (Wildman–Crippen LogP) is 5.13. The fraction of sp³-hybridized carbons (Fsp3) is 0.690. The van der Waals surface area contributed by atoms with Gasteiger partial charge in [0, 0.05) is 34.5 Å². The molecule has 0 aromatic heterocycles. The molecule has 0 aromatic rings. The molecule has 0 unspecified atom stereocenters. The van der Waals surface area contributed by atoms with Crippen LogP contribution < -0.4 is 0 Å². The number of rotatable bonds is 0. The molecule has 3 N–H and O–H groups in total. The molecule has 9 atom stereocenters. The predicted molar refractivity (Wildman–Crippen MR) is 134 cm³/mol. The third-order valence-electron chi connectivity index (χ3n) is 8.66. The highest BCUT2D eigenvalue weighted by atomic mass is 16.7. The Bertz CT molecular complexity index is 1000. The summed E-state index contributed by atoms with van der Waals surface area (Å²) in [6, 6.07) is 0. The lowest BCUT2D eigenvalue weighted by molar-refractivity contribution is -0.164. The number of ketones is 1. The molecule has 4 bridgehead atoms. The Morgan fingerprint density at radius 3 is 2.43 bits per heavy atom. The Kier molecular flexibility index (Phi) is 7.13. The van der Waals surface area contributed by atoms with Gasteiger partial charge in [-0.15, -0.1) is 0 Å². The average Bonchev–Trinajstić information content (AvgIpc) is 3.14. The van der Waals surface area contributed by atoms with E-state index in [0.717, 1.165) is 25.7 Å².